The molecule has 3 aromatic rings. The Morgan fingerprint density at radius 3 is 2.72 bits per heavy atom. The minimum atomic E-state index is 0.757. The first-order valence-corrected chi connectivity index (χ1v) is 9.12. The Bertz CT molecular complexity index is 798. The van der Waals surface area contributed by atoms with Crippen LogP contribution in [-0.4, -0.2) is 43.9 Å². The number of para-hydroxylation sites is 1. The molecule has 1 aliphatic rings. The van der Waals surface area contributed by atoms with Gasteiger partial charge in [0.1, 0.15) is 0 Å². The van der Waals surface area contributed by atoms with Gasteiger partial charge in [0.25, 0.3) is 0 Å². The third kappa shape index (κ3) is 3.51. The molecule has 0 unspecified atom stereocenters. The zero-order valence-electron chi connectivity index (χ0n) is 14.8. The van der Waals surface area contributed by atoms with Crippen molar-refractivity contribution in [2.24, 2.45) is 0 Å². The van der Waals surface area contributed by atoms with Gasteiger partial charge in [-0.3, -0.25) is 0 Å². The standard InChI is InChI=1S/C20H25N5/c1-23(18-7-5-6-8-18)11-12-24-16-21-14-20(24)17-13-22-25(15-17)19-9-3-2-4-10-19/h2-4,9-10,13-16,18H,5-8,11-12H2,1H3. The largest absolute Gasteiger partial charge is 0.329 e. The predicted molar refractivity (Wildman–Crippen MR) is 99.7 cm³/mol. The van der Waals surface area contributed by atoms with Crippen LogP contribution in [0, 0.1) is 0 Å². The van der Waals surface area contributed by atoms with Crippen LogP contribution in [0.15, 0.2) is 55.2 Å². The molecule has 5 nitrogen and oxygen atoms in total. The number of hydrogen-bond donors (Lipinski definition) is 0. The van der Waals surface area contributed by atoms with E-state index < -0.39 is 0 Å². The zero-order chi connectivity index (χ0) is 17.1. The average molecular weight is 335 g/mol. The van der Waals surface area contributed by atoms with Gasteiger partial charge in [-0.2, -0.15) is 5.10 Å². The summed E-state index contributed by atoms with van der Waals surface area (Å²) in [7, 11) is 2.25. The number of aromatic nitrogens is 4. The molecule has 0 saturated heterocycles. The normalized spacial score (nSPS) is 15.3. The summed E-state index contributed by atoms with van der Waals surface area (Å²) in [5, 5.41) is 4.51. The summed E-state index contributed by atoms with van der Waals surface area (Å²) in [5.74, 6) is 0. The van der Waals surface area contributed by atoms with Crippen LogP contribution in [0.4, 0.5) is 0 Å². The van der Waals surface area contributed by atoms with Crippen molar-refractivity contribution in [3.8, 4) is 16.9 Å². The van der Waals surface area contributed by atoms with Crippen LogP contribution in [0.1, 0.15) is 25.7 Å². The minimum Gasteiger partial charge on any atom is -0.329 e. The number of hydrogen-bond acceptors (Lipinski definition) is 3. The van der Waals surface area contributed by atoms with E-state index in [1.54, 1.807) is 0 Å². The molecule has 1 fully saturated rings. The van der Waals surface area contributed by atoms with Crippen LogP contribution in [-0.2, 0) is 6.54 Å². The topological polar surface area (TPSA) is 38.9 Å². The first-order valence-electron chi connectivity index (χ1n) is 9.12. The first-order chi connectivity index (χ1) is 12.3. The molecule has 1 saturated carbocycles. The summed E-state index contributed by atoms with van der Waals surface area (Å²) < 4.78 is 4.15. The van der Waals surface area contributed by atoms with Gasteiger partial charge < -0.3 is 9.47 Å². The number of benzene rings is 1. The van der Waals surface area contributed by atoms with E-state index in [1.807, 2.05) is 41.6 Å². The highest BCUT2D eigenvalue weighted by Gasteiger charge is 2.19. The average Bonchev–Trinajstić information content (AvgIpc) is 3.41. The molecule has 1 aliphatic carbocycles. The third-order valence-electron chi connectivity index (χ3n) is 5.25. The van der Waals surface area contributed by atoms with Crippen molar-refractivity contribution in [3.63, 3.8) is 0 Å². The zero-order valence-corrected chi connectivity index (χ0v) is 14.8. The Hall–Kier alpha value is -2.40. The monoisotopic (exact) mass is 335 g/mol. The first kappa shape index (κ1) is 16.1. The molecular formula is C20H25N5. The van der Waals surface area contributed by atoms with Gasteiger partial charge >= 0.3 is 0 Å². The Morgan fingerprint density at radius 2 is 1.92 bits per heavy atom. The van der Waals surface area contributed by atoms with Crippen LogP contribution in [0.5, 0.6) is 0 Å². The molecule has 5 heteroatoms. The summed E-state index contributed by atoms with van der Waals surface area (Å²) >= 11 is 0. The maximum Gasteiger partial charge on any atom is 0.0951 e. The quantitative estimate of drug-likeness (QED) is 0.691. The Labute approximate surface area is 148 Å². The molecule has 130 valence electrons. The van der Waals surface area contributed by atoms with E-state index in [0.29, 0.717) is 0 Å². The third-order valence-corrected chi connectivity index (χ3v) is 5.25. The maximum atomic E-state index is 4.51. The van der Waals surface area contributed by atoms with Crippen LogP contribution in [0.2, 0.25) is 0 Å². The number of rotatable bonds is 6. The summed E-state index contributed by atoms with van der Waals surface area (Å²) in [4.78, 5) is 6.87. The fraction of sp³-hybridized carbons (Fsp3) is 0.400. The molecule has 2 aromatic heterocycles. The molecule has 0 radical (unpaired) electrons. The molecule has 0 amide bonds. The summed E-state index contributed by atoms with van der Waals surface area (Å²) in [5.41, 5.74) is 3.30. The summed E-state index contributed by atoms with van der Waals surface area (Å²) in [6, 6.07) is 11.0. The SMILES string of the molecule is CN(CCn1cncc1-c1cnn(-c2ccccc2)c1)C1CCCC1. The van der Waals surface area contributed by atoms with Crippen LogP contribution in [0.25, 0.3) is 16.9 Å². The van der Waals surface area contributed by atoms with Crippen molar-refractivity contribution in [1.82, 2.24) is 24.2 Å². The van der Waals surface area contributed by atoms with Gasteiger partial charge in [-0.05, 0) is 32.0 Å². The molecule has 0 bridgehead atoms. The van der Waals surface area contributed by atoms with Crippen molar-refractivity contribution in [2.45, 2.75) is 38.3 Å². The highest BCUT2D eigenvalue weighted by molar-refractivity contribution is 5.57. The van der Waals surface area contributed by atoms with Crippen molar-refractivity contribution in [3.05, 3.63) is 55.2 Å². The summed E-state index contributed by atoms with van der Waals surface area (Å²) in [6.45, 7) is 2.01. The molecule has 2 heterocycles. The lowest BCUT2D eigenvalue weighted by molar-refractivity contribution is 0.237. The molecule has 0 N–H and O–H groups in total. The van der Waals surface area contributed by atoms with E-state index >= 15 is 0 Å². The highest BCUT2D eigenvalue weighted by Crippen LogP contribution is 2.23. The molecule has 25 heavy (non-hydrogen) atoms. The lowest BCUT2D eigenvalue weighted by Gasteiger charge is -2.24. The van der Waals surface area contributed by atoms with Crippen LogP contribution in [0.3, 0.4) is 0 Å². The van der Waals surface area contributed by atoms with Crippen molar-refractivity contribution in [2.75, 3.05) is 13.6 Å². The second kappa shape index (κ2) is 7.23. The molecule has 0 spiro atoms. The second-order valence-corrected chi connectivity index (χ2v) is 6.90. The van der Waals surface area contributed by atoms with E-state index in [0.717, 1.165) is 36.1 Å². The van der Waals surface area contributed by atoms with Gasteiger partial charge in [-0.25, -0.2) is 9.67 Å². The number of imidazole rings is 1. The number of nitrogens with zero attached hydrogens (tertiary/aromatic N) is 5. The van der Waals surface area contributed by atoms with Crippen LogP contribution < -0.4 is 0 Å². The van der Waals surface area contributed by atoms with Crippen LogP contribution >= 0.6 is 0 Å². The fourth-order valence-corrected chi connectivity index (χ4v) is 3.71. The van der Waals surface area contributed by atoms with Gasteiger partial charge in [-0.1, -0.05) is 31.0 Å². The van der Waals surface area contributed by atoms with Crippen molar-refractivity contribution < 1.29 is 0 Å². The Morgan fingerprint density at radius 1 is 1.12 bits per heavy atom. The lowest BCUT2D eigenvalue weighted by atomic mass is 10.2. The minimum absolute atomic E-state index is 0.757. The Kier molecular flexibility index (Phi) is 4.65. The lowest BCUT2D eigenvalue weighted by Crippen LogP contribution is -2.32. The second-order valence-electron chi connectivity index (χ2n) is 6.90. The Balaban J connectivity index is 1.47. The smallest absolute Gasteiger partial charge is 0.0951 e. The molecule has 4 rings (SSSR count). The van der Waals surface area contributed by atoms with Gasteiger partial charge in [0.15, 0.2) is 0 Å². The van der Waals surface area contributed by atoms with E-state index in [1.165, 1.54) is 25.7 Å². The summed E-state index contributed by atoms with van der Waals surface area (Å²) in [6.07, 6.45) is 13.3. The fourth-order valence-electron chi connectivity index (χ4n) is 3.71. The van der Waals surface area contributed by atoms with E-state index in [9.17, 15) is 0 Å². The molecule has 0 aliphatic heterocycles. The van der Waals surface area contributed by atoms with Gasteiger partial charge in [-0.15, -0.1) is 0 Å². The maximum absolute atomic E-state index is 4.51. The predicted octanol–water partition coefficient (Wildman–Crippen LogP) is 3.61. The van der Waals surface area contributed by atoms with Crippen molar-refractivity contribution in [1.29, 1.82) is 0 Å². The number of likely N-dealkylation sites (N-methyl/N-ethyl adjacent to an activating group) is 1. The molecular weight excluding hydrogens is 310 g/mol. The van der Waals surface area contributed by atoms with E-state index in [4.69, 9.17) is 0 Å². The van der Waals surface area contributed by atoms with Crippen molar-refractivity contribution >= 4 is 0 Å². The van der Waals surface area contributed by atoms with Gasteiger partial charge in [0, 0.05) is 30.9 Å². The van der Waals surface area contributed by atoms with E-state index in [2.05, 4.69) is 44.9 Å². The van der Waals surface area contributed by atoms with Gasteiger partial charge in [0.2, 0.25) is 0 Å². The van der Waals surface area contributed by atoms with E-state index in [-0.39, 0.29) is 0 Å². The molecule has 0 atom stereocenters. The van der Waals surface area contributed by atoms with Gasteiger partial charge in [0.05, 0.1) is 30.1 Å². The highest BCUT2D eigenvalue weighted by atomic mass is 15.3. The molecule has 1 aromatic carbocycles.